The van der Waals surface area contributed by atoms with Gasteiger partial charge in [0, 0.05) is 6.92 Å². The standard InChI is InChI=1S/C16H15N3O5/c1-3-24-16(23)12-11-13(19(17-12)9(2)20)15(22)18(14(11)21)10-7-5-4-6-8-10/h4-8,11,13H,3H2,1-2H3/t11-,13-/m1/s1. The summed E-state index contributed by atoms with van der Waals surface area (Å²) in [6, 6.07) is 7.20. The minimum absolute atomic E-state index is 0.0971. The van der Waals surface area contributed by atoms with Gasteiger partial charge in [-0.2, -0.15) is 5.10 Å². The van der Waals surface area contributed by atoms with Crippen LogP contribution in [-0.4, -0.2) is 47.1 Å². The number of hydrazone groups is 1. The lowest BCUT2D eigenvalue weighted by atomic mass is 9.98. The molecule has 0 saturated carbocycles. The van der Waals surface area contributed by atoms with Crippen molar-refractivity contribution in [2.24, 2.45) is 11.0 Å². The molecule has 3 amide bonds. The van der Waals surface area contributed by atoms with E-state index in [4.69, 9.17) is 4.74 Å². The van der Waals surface area contributed by atoms with E-state index in [0.29, 0.717) is 5.69 Å². The average molecular weight is 329 g/mol. The molecule has 8 heteroatoms. The first-order valence-corrected chi connectivity index (χ1v) is 7.45. The van der Waals surface area contributed by atoms with Crippen LogP contribution < -0.4 is 4.90 Å². The number of benzene rings is 1. The van der Waals surface area contributed by atoms with Crippen LogP contribution in [0.3, 0.4) is 0 Å². The van der Waals surface area contributed by atoms with Crippen molar-refractivity contribution in [3.05, 3.63) is 30.3 Å². The predicted octanol–water partition coefficient (Wildman–Crippen LogP) is 0.326. The molecule has 1 saturated heterocycles. The maximum atomic E-state index is 12.8. The van der Waals surface area contributed by atoms with Crippen molar-refractivity contribution in [1.82, 2.24) is 5.01 Å². The highest BCUT2D eigenvalue weighted by Crippen LogP contribution is 2.35. The molecule has 2 aliphatic rings. The summed E-state index contributed by atoms with van der Waals surface area (Å²) in [7, 11) is 0. The van der Waals surface area contributed by atoms with Crippen molar-refractivity contribution in [3.63, 3.8) is 0 Å². The number of esters is 1. The van der Waals surface area contributed by atoms with Crippen LogP contribution in [0.25, 0.3) is 0 Å². The van der Waals surface area contributed by atoms with E-state index in [1.165, 1.54) is 6.92 Å². The van der Waals surface area contributed by atoms with Crippen LogP contribution in [0.4, 0.5) is 5.69 Å². The molecule has 2 heterocycles. The van der Waals surface area contributed by atoms with E-state index in [2.05, 4.69) is 5.10 Å². The highest BCUT2D eigenvalue weighted by atomic mass is 16.5. The Morgan fingerprint density at radius 2 is 1.83 bits per heavy atom. The molecule has 24 heavy (non-hydrogen) atoms. The van der Waals surface area contributed by atoms with Gasteiger partial charge in [0.2, 0.25) is 11.8 Å². The number of imide groups is 1. The summed E-state index contributed by atoms with van der Waals surface area (Å²) in [5.41, 5.74) is 0.169. The fourth-order valence-corrected chi connectivity index (χ4v) is 2.88. The maximum absolute atomic E-state index is 12.8. The number of fused-ring (bicyclic) bond motifs is 1. The topological polar surface area (TPSA) is 96.3 Å². The zero-order valence-corrected chi connectivity index (χ0v) is 13.1. The summed E-state index contributed by atoms with van der Waals surface area (Å²) in [6.45, 7) is 2.93. The average Bonchev–Trinajstić information content (AvgIpc) is 3.07. The van der Waals surface area contributed by atoms with E-state index in [1.807, 2.05) is 0 Å². The Balaban J connectivity index is 2.03. The van der Waals surface area contributed by atoms with E-state index in [0.717, 1.165) is 9.91 Å². The second-order valence-corrected chi connectivity index (χ2v) is 5.34. The van der Waals surface area contributed by atoms with Gasteiger partial charge in [0.1, 0.15) is 5.92 Å². The first kappa shape index (κ1) is 15.9. The Hall–Kier alpha value is -3.03. The Morgan fingerprint density at radius 1 is 1.17 bits per heavy atom. The zero-order valence-electron chi connectivity index (χ0n) is 13.1. The summed E-state index contributed by atoms with van der Waals surface area (Å²) in [6.07, 6.45) is 0. The van der Waals surface area contributed by atoms with Gasteiger partial charge in [0.15, 0.2) is 11.8 Å². The molecule has 1 aromatic rings. The molecule has 0 unspecified atom stereocenters. The second-order valence-electron chi connectivity index (χ2n) is 5.34. The first-order valence-electron chi connectivity index (χ1n) is 7.45. The molecular formula is C16H15N3O5. The number of carbonyl (C=O) groups excluding carboxylic acids is 4. The molecule has 124 valence electrons. The largest absolute Gasteiger partial charge is 0.461 e. The molecule has 8 nitrogen and oxygen atoms in total. The van der Waals surface area contributed by atoms with Gasteiger partial charge in [-0.05, 0) is 19.1 Å². The van der Waals surface area contributed by atoms with Gasteiger partial charge >= 0.3 is 5.97 Å². The van der Waals surface area contributed by atoms with E-state index in [1.54, 1.807) is 37.3 Å². The third-order valence-corrected chi connectivity index (χ3v) is 3.87. The van der Waals surface area contributed by atoms with E-state index >= 15 is 0 Å². The van der Waals surface area contributed by atoms with Crippen LogP contribution >= 0.6 is 0 Å². The molecule has 2 aliphatic heterocycles. The molecule has 3 rings (SSSR count). The van der Waals surface area contributed by atoms with Gasteiger partial charge in [-0.25, -0.2) is 14.7 Å². The van der Waals surface area contributed by atoms with E-state index in [-0.39, 0.29) is 12.3 Å². The number of ether oxygens (including phenoxy) is 1. The third-order valence-electron chi connectivity index (χ3n) is 3.87. The van der Waals surface area contributed by atoms with Crippen LogP contribution in [0.5, 0.6) is 0 Å². The molecule has 0 spiro atoms. The minimum atomic E-state index is -1.14. The Morgan fingerprint density at radius 3 is 2.42 bits per heavy atom. The van der Waals surface area contributed by atoms with Crippen molar-refractivity contribution in [3.8, 4) is 0 Å². The van der Waals surface area contributed by atoms with Gasteiger partial charge in [-0.15, -0.1) is 0 Å². The van der Waals surface area contributed by atoms with Crippen molar-refractivity contribution in [2.45, 2.75) is 19.9 Å². The van der Waals surface area contributed by atoms with Gasteiger partial charge in [0.05, 0.1) is 12.3 Å². The number of anilines is 1. The van der Waals surface area contributed by atoms with E-state index < -0.39 is 35.7 Å². The van der Waals surface area contributed by atoms with Gasteiger partial charge in [0.25, 0.3) is 5.91 Å². The Labute approximate surface area is 137 Å². The molecule has 0 radical (unpaired) electrons. The highest BCUT2D eigenvalue weighted by molar-refractivity contribution is 6.47. The Bertz CT molecular complexity index is 758. The zero-order chi connectivity index (χ0) is 17.4. The summed E-state index contributed by atoms with van der Waals surface area (Å²) in [4.78, 5) is 50.3. The van der Waals surface area contributed by atoms with Crippen LogP contribution in [0, 0.1) is 5.92 Å². The molecule has 0 bridgehead atoms. The molecule has 2 atom stereocenters. The minimum Gasteiger partial charge on any atom is -0.461 e. The lowest BCUT2D eigenvalue weighted by Gasteiger charge is -2.19. The Kier molecular flexibility index (Phi) is 3.88. The van der Waals surface area contributed by atoms with Crippen LogP contribution in [0.15, 0.2) is 35.4 Å². The molecule has 1 fully saturated rings. The van der Waals surface area contributed by atoms with E-state index in [9.17, 15) is 19.2 Å². The van der Waals surface area contributed by atoms with Crippen molar-refractivity contribution >= 4 is 35.1 Å². The number of para-hydroxylation sites is 1. The lowest BCUT2D eigenvalue weighted by molar-refractivity contribution is -0.136. The lowest BCUT2D eigenvalue weighted by Crippen LogP contribution is -2.41. The van der Waals surface area contributed by atoms with Crippen molar-refractivity contribution < 1.29 is 23.9 Å². The fourth-order valence-electron chi connectivity index (χ4n) is 2.88. The SMILES string of the molecule is CCOC(=O)C1=NN(C(C)=O)[C@H]2C(=O)N(c3ccccc3)C(=O)[C@H]12. The third kappa shape index (κ3) is 2.27. The number of nitrogens with zero attached hydrogens (tertiary/aromatic N) is 3. The van der Waals surface area contributed by atoms with Crippen molar-refractivity contribution in [1.29, 1.82) is 0 Å². The summed E-state index contributed by atoms with van der Waals surface area (Å²) >= 11 is 0. The number of amides is 3. The first-order chi connectivity index (χ1) is 11.5. The summed E-state index contributed by atoms with van der Waals surface area (Å²) in [5, 5.41) is 4.77. The highest BCUT2D eigenvalue weighted by Gasteiger charge is 2.59. The maximum Gasteiger partial charge on any atom is 0.355 e. The molecule has 0 aliphatic carbocycles. The molecule has 0 aromatic heterocycles. The normalized spacial score (nSPS) is 22.5. The van der Waals surface area contributed by atoms with Gasteiger partial charge in [-0.1, -0.05) is 18.2 Å². The van der Waals surface area contributed by atoms with Crippen LogP contribution in [0.2, 0.25) is 0 Å². The van der Waals surface area contributed by atoms with Gasteiger partial charge < -0.3 is 4.74 Å². The predicted molar refractivity (Wildman–Crippen MR) is 82.8 cm³/mol. The molecular weight excluding hydrogens is 314 g/mol. The molecule has 1 aromatic carbocycles. The number of carbonyl (C=O) groups is 4. The molecule has 0 N–H and O–H groups in total. The van der Waals surface area contributed by atoms with Crippen LogP contribution in [0.1, 0.15) is 13.8 Å². The number of hydrogen-bond acceptors (Lipinski definition) is 6. The van der Waals surface area contributed by atoms with Crippen molar-refractivity contribution in [2.75, 3.05) is 11.5 Å². The quantitative estimate of drug-likeness (QED) is 0.588. The number of hydrogen-bond donors (Lipinski definition) is 0. The van der Waals surface area contributed by atoms with Gasteiger partial charge in [-0.3, -0.25) is 14.4 Å². The smallest absolute Gasteiger partial charge is 0.355 e. The summed E-state index contributed by atoms with van der Waals surface area (Å²) in [5.74, 6) is -3.64. The van der Waals surface area contributed by atoms with Crippen LogP contribution in [-0.2, 0) is 23.9 Å². The summed E-state index contributed by atoms with van der Waals surface area (Å²) < 4.78 is 4.90. The fraction of sp³-hybridized carbons (Fsp3) is 0.312. The monoisotopic (exact) mass is 329 g/mol. The second kappa shape index (κ2) is 5.88. The number of rotatable bonds is 3.